The van der Waals surface area contributed by atoms with Gasteiger partial charge in [0, 0.05) is 18.4 Å². The van der Waals surface area contributed by atoms with Gasteiger partial charge in [-0.25, -0.2) is 4.98 Å². The lowest BCUT2D eigenvalue weighted by Gasteiger charge is -2.02. The van der Waals surface area contributed by atoms with Gasteiger partial charge < -0.3 is 4.74 Å². The Balaban J connectivity index is 2.60. The highest BCUT2D eigenvalue weighted by molar-refractivity contribution is 5.29. The molecule has 0 fully saturated rings. The molecule has 0 atom stereocenters. The molecule has 1 aromatic heterocycles. The van der Waals surface area contributed by atoms with Crippen molar-refractivity contribution in [2.45, 2.75) is 20.0 Å². The molecule has 1 rings (SSSR count). The number of rotatable bonds is 4. The summed E-state index contributed by atoms with van der Waals surface area (Å²) in [6.45, 7) is 3.25. The van der Waals surface area contributed by atoms with Crippen molar-refractivity contribution >= 4 is 0 Å². The number of ether oxygens (including phenoxy) is 1. The van der Waals surface area contributed by atoms with E-state index in [4.69, 9.17) is 10.00 Å². The molecule has 1 heterocycles. The molecule has 0 N–H and O–H groups in total. The molecule has 68 valence electrons. The molecule has 0 saturated carbocycles. The van der Waals surface area contributed by atoms with E-state index in [0.29, 0.717) is 12.3 Å². The van der Waals surface area contributed by atoms with Crippen molar-refractivity contribution < 1.29 is 4.74 Å². The second-order valence-corrected chi connectivity index (χ2v) is 2.68. The molecule has 0 radical (unpaired) electrons. The van der Waals surface area contributed by atoms with Crippen molar-refractivity contribution in [2.75, 3.05) is 6.61 Å². The summed E-state index contributed by atoms with van der Waals surface area (Å²) in [7, 11) is 0. The van der Waals surface area contributed by atoms with Crippen molar-refractivity contribution in [2.24, 2.45) is 0 Å². The highest BCUT2D eigenvalue weighted by Crippen LogP contribution is 2.05. The first-order valence-electron chi connectivity index (χ1n) is 4.30. The molecular weight excluding hydrogens is 164 g/mol. The van der Waals surface area contributed by atoms with Crippen molar-refractivity contribution in [1.29, 1.82) is 5.26 Å². The van der Waals surface area contributed by atoms with E-state index in [2.05, 4.69) is 11.9 Å². The third-order valence-electron chi connectivity index (χ3n) is 1.60. The van der Waals surface area contributed by atoms with Gasteiger partial charge in [-0.1, -0.05) is 13.0 Å². The van der Waals surface area contributed by atoms with Crippen LogP contribution in [0.15, 0.2) is 18.3 Å². The van der Waals surface area contributed by atoms with Gasteiger partial charge in [0.1, 0.15) is 11.8 Å². The minimum absolute atomic E-state index is 0.457. The predicted molar refractivity (Wildman–Crippen MR) is 48.9 cm³/mol. The third kappa shape index (κ3) is 2.85. The van der Waals surface area contributed by atoms with Crippen LogP contribution in [0.25, 0.3) is 0 Å². The fourth-order valence-electron chi connectivity index (χ4n) is 0.982. The predicted octanol–water partition coefficient (Wildman–Crippen LogP) is 1.88. The molecule has 3 heteroatoms. The number of pyridine rings is 1. The molecule has 0 aliphatic heterocycles. The van der Waals surface area contributed by atoms with Crippen LogP contribution in [-0.4, -0.2) is 11.6 Å². The van der Waals surface area contributed by atoms with Crippen molar-refractivity contribution in [1.82, 2.24) is 4.98 Å². The lowest BCUT2D eigenvalue weighted by Crippen LogP contribution is -1.98. The van der Waals surface area contributed by atoms with E-state index >= 15 is 0 Å². The summed E-state index contributed by atoms with van der Waals surface area (Å²) in [5.41, 5.74) is 1.32. The Morgan fingerprint density at radius 1 is 1.62 bits per heavy atom. The van der Waals surface area contributed by atoms with Crippen molar-refractivity contribution in [3.05, 3.63) is 29.6 Å². The van der Waals surface area contributed by atoms with Crippen molar-refractivity contribution in [3.63, 3.8) is 0 Å². The summed E-state index contributed by atoms with van der Waals surface area (Å²) in [6.07, 6.45) is 2.60. The Labute approximate surface area is 78.0 Å². The molecule has 0 amide bonds. The van der Waals surface area contributed by atoms with E-state index in [1.807, 2.05) is 18.2 Å². The van der Waals surface area contributed by atoms with Crippen LogP contribution in [0.2, 0.25) is 0 Å². The molecule has 0 aromatic carbocycles. The van der Waals surface area contributed by atoms with Gasteiger partial charge >= 0.3 is 0 Å². The van der Waals surface area contributed by atoms with Crippen LogP contribution in [0.5, 0.6) is 0 Å². The SMILES string of the molecule is CCCOCc1cccnc1C#N. The normalized spacial score (nSPS) is 9.54. The van der Waals surface area contributed by atoms with E-state index in [1.165, 1.54) is 0 Å². The molecule has 1 aromatic rings. The maximum absolute atomic E-state index is 8.71. The van der Waals surface area contributed by atoms with Gasteiger partial charge in [-0.15, -0.1) is 0 Å². The summed E-state index contributed by atoms with van der Waals surface area (Å²) in [4.78, 5) is 3.93. The highest BCUT2D eigenvalue weighted by Gasteiger charge is 2.00. The molecule has 0 bridgehead atoms. The van der Waals surface area contributed by atoms with E-state index in [9.17, 15) is 0 Å². The van der Waals surface area contributed by atoms with Crippen LogP contribution < -0.4 is 0 Å². The summed E-state index contributed by atoms with van der Waals surface area (Å²) >= 11 is 0. The van der Waals surface area contributed by atoms with E-state index in [1.54, 1.807) is 6.20 Å². The minimum Gasteiger partial charge on any atom is -0.377 e. The van der Waals surface area contributed by atoms with Crippen LogP contribution in [0.3, 0.4) is 0 Å². The Morgan fingerprint density at radius 3 is 3.15 bits per heavy atom. The maximum atomic E-state index is 8.71. The molecule has 13 heavy (non-hydrogen) atoms. The topological polar surface area (TPSA) is 45.9 Å². The fourth-order valence-corrected chi connectivity index (χ4v) is 0.982. The summed E-state index contributed by atoms with van der Waals surface area (Å²) in [6, 6.07) is 5.70. The zero-order valence-corrected chi connectivity index (χ0v) is 7.66. The Bertz CT molecular complexity index is 304. The monoisotopic (exact) mass is 176 g/mol. The quantitative estimate of drug-likeness (QED) is 0.658. The average molecular weight is 176 g/mol. The number of nitriles is 1. The maximum Gasteiger partial charge on any atom is 0.145 e. The first-order chi connectivity index (χ1) is 6.38. The van der Waals surface area contributed by atoms with E-state index in [-0.39, 0.29) is 0 Å². The number of hydrogen-bond acceptors (Lipinski definition) is 3. The molecule has 0 aliphatic carbocycles. The van der Waals surface area contributed by atoms with Crippen LogP contribution in [-0.2, 0) is 11.3 Å². The van der Waals surface area contributed by atoms with Gasteiger partial charge in [0.05, 0.1) is 6.61 Å². The van der Waals surface area contributed by atoms with E-state index < -0.39 is 0 Å². The zero-order valence-electron chi connectivity index (χ0n) is 7.66. The second-order valence-electron chi connectivity index (χ2n) is 2.68. The molecule has 3 nitrogen and oxygen atoms in total. The molecule has 0 saturated heterocycles. The van der Waals surface area contributed by atoms with Gasteiger partial charge in [0.15, 0.2) is 0 Å². The smallest absolute Gasteiger partial charge is 0.145 e. The first kappa shape index (κ1) is 9.69. The number of nitrogens with zero attached hydrogens (tertiary/aromatic N) is 2. The zero-order chi connectivity index (χ0) is 9.52. The van der Waals surface area contributed by atoms with E-state index in [0.717, 1.165) is 18.6 Å². The summed E-state index contributed by atoms with van der Waals surface area (Å²) < 4.78 is 5.32. The highest BCUT2D eigenvalue weighted by atomic mass is 16.5. The molecule has 0 aliphatic rings. The van der Waals surface area contributed by atoms with Gasteiger partial charge in [-0.05, 0) is 12.5 Å². The van der Waals surface area contributed by atoms with Crippen molar-refractivity contribution in [3.8, 4) is 6.07 Å². The molecular formula is C10H12N2O. The first-order valence-corrected chi connectivity index (χ1v) is 4.30. The third-order valence-corrected chi connectivity index (χ3v) is 1.60. The van der Waals surface area contributed by atoms with Gasteiger partial charge in [-0.2, -0.15) is 5.26 Å². The summed E-state index contributed by atoms with van der Waals surface area (Å²) in [5, 5.41) is 8.71. The summed E-state index contributed by atoms with van der Waals surface area (Å²) in [5.74, 6) is 0. The van der Waals surface area contributed by atoms with Gasteiger partial charge in [-0.3, -0.25) is 0 Å². The molecule has 0 unspecified atom stereocenters. The molecule has 0 spiro atoms. The van der Waals surface area contributed by atoms with Crippen LogP contribution >= 0.6 is 0 Å². The second kappa shape index (κ2) is 5.28. The van der Waals surface area contributed by atoms with Gasteiger partial charge in [0.25, 0.3) is 0 Å². The van der Waals surface area contributed by atoms with Crippen LogP contribution in [0.1, 0.15) is 24.6 Å². The standard InChI is InChI=1S/C10H12N2O/c1-2-6-13-8-9-4-3-5-12-10(9)7-11/h3-5H,2,6,8H2,1H3. The lowest BCUT2D eigenvalue weighted by atomic mass is 10.2. The number of aromatic nitrogens is 1. The number of hydrogen-bond donors (Lipinski definition) is 0. The minimum atomic E-state index is 0.457. The largest absolute Gasteiger partial charge is 0.377 e. The fraction of sp³-hybridized carbons (Fsp3) is 0.400. The van der Waals surface area contributed by atoms with Crippen LogP contribution in [0, 0.1) is 11.3 Å². The Kier molecular flexibility index (Phi) is 3.94. The van der Waals surface area contributed by atoms with Crippen LogP contribution in [0.4, 0.5) is 0 Å². The Morgan fingerprint density at radius 2 is 2.46 bits per heavy atom. The van der Waals surface area contributed by atoms with Gasteiger partial charge in [0.2, 0.25) is 0 Å². The average Bonchev–Trinajstić information content (AvgIpc) is 2.19. The Hall–Kier alpha value is -1.40. The lowest BCUT2D eigenvalue weighted by molar-refractivity contribution is 0.121.